The first-order chi connectivity index (χ1) is 9.28. The van der Waals surface area contributed by atoms with Crippen LogP contribution in [-0.2, 0) is 13.0 Å². The normalized spacial score (nSPS) is 9.90. The molecule has 0 saturated carbocycles. The quantitative estimate of drug-likeness (QED) is 0.822. The lowest BCUT2D eigenvalue weighted by Crippen LogP contribution is -2.16. The van der Waals surface area contributed by atoms with E-state index < -0.39 is 0 Å². The summed E-state index contributed by atoms with van der Waals surface area (Å²) in [4.78, 5) is 0. The highest BCUT2D eigenvalue weighted by molar-refractivity contribution is 5.85. The summed E-state index contributed by atoms with van der Waals surface area (Å²) in [7, 11) is 1.67. The third-order valence-corrected chi connectivity index (χ3v) is 2.99. The predicted molar refractivity (Wildman–Crippen MR) is 82.1 cm³/mol. The Labute approximate surface area is 125 Å². The van der Waals surface area contributed by atoms with Crippen LogP contribution in [-0.4, -0.2) is 13.7 Å². The summed E-state index contributed by atoms with van der Waals surface area (Å²) in [5, 5.41) is 3.34. The number of ether oxygens (including phenoxy) is 1. The average molecular weight is 296 g/mol. The van der Waals surface area contributed by atoms with Gasteiger partial charge in [0.15, 0.2) is 0 Å². The van der Waals surface area contributed by atoms with Gasteiger partial charge in [0.25, 0.3) is 0 Å². The summed E-state index contributed by atoms with van der Waals surface area (Å²) >= 11 is 0. The van der Waals surface area contributed by atoms with Crippen LogP contribution in [0.4, 0.5) is 4.39 Å². The fourth-order valence-corrected chi connectivity index (χ4v) is 1.86. The number of rotatable bonds is 6. The van der Waals surface area contributed by atoms with Crippen molar-refractivity contribution in [2.45, 2.75) is 13.0 Å². The maximum absolute atomic E-state index is 12.7. The minimum absolute atomic E-state index is 0. The standard InChI is InChI=1S/C16H18FNO.ClH/c1-19-16-8-4-13(5-9-16)10-11-18-12-14-2-6-15(17)7-3-14;/h2-9,18H,10-12H2,1H3;1H. The van der Waals surface area contributed by atoms with Crippen LogP contribution in [0.5, 0.6) is 5.75 Å². The highest BCUT2D eigenvalue weighted by Gasteiger charge is 1.96. The molecule has 20 heavy (non-hydrogen) atoms. The minimum atomic E-state index is -0.193. The molecule has 0 spiro atoms. The molecule has 0 fully saturated rings. The van der Waals surface area contributed by atoms with Crippen LogP contribution in [0.1, 0.15) is 11.1 Å². The molecular weight excluding hydrogens is 277 g/mol. The van der Waals surface area contributed by atoms with E-state index >= 15 is 0 Å². The molecule has 0 aliphatic heterocycles. The van der Waals surface area contributed by atoms with Gasteiger partial charge in [-0.1, -0.05) is 24.3 Å². The van der Waals surface area contributed by atoms with Gasteiger partial charge in [-0.25, -0.2) is 4.39 Å². The summed E-state index contributed by atoms with van der Waals surface area (Å²) in [5.74, 6) is 0.685. The molecule has 0 heterocycles. The number of hydrogen-bond donors (Lipinski definition) is 1. The molecule has 108 valence electrons. The van der Waals surface area contributed by atoms with Crippen LogP contribution in [0.15, 0.2) is 48.5 Å². The monoisotopic (exact) mass is 295 g/mol. The molecule has 0 amide bonds. The Bertz CT molecular complexity index is 499. The van der Waals surface area contributed by atoms with Gasteiger partial charge in [0.1, 0.15) is 11.6 Å². The van der Waals surface area contributed by atoms with Gasteiger partial charge in [-0.05, 0) is 48.4 Å². The van der Waals surface area contributed by atoms with E-state index in [-0.39, 0.29) is 18.2 Å². The Balaban J connectivity index is 0.00000200. The summed E-state index contributed by atoms with van der Waals surface area (Å²) in [5.41, 5.74) is 2.36. The number of nitrogens with one attached hydrogen (secondary N) is 1. The van der Waals surface area contributed by atoms with Gasteiger partial charge >= 0.3 is 0 Å². The zero-order chi connectivity index (χ0) is 13.5. The van der Waals surface area contributed by atoms with Gasteiger partial charge in [0.2, 0.25) is 0 Å². The maximum Gasteiger partial charge on any atom is 0.123 e. The van der Waals surface area contributed by atoms with Crippen molar-refractivity contribution in [3.8, 4) is 5.75 Å². The molecule has 0 saturated heterocycles. The van der Waals surface area contributed by atoms with Crippen molar-refractivity contribution in [3.05, 3.63) is 65.5 Å². The van der Waals surface area contributed by atoms with E-state index in [1.54, 1.807) is 19.2 Å². The van der Waals surface area contributed by atoms with Crippen LogP contribution < -0.4 is 10.1 Å². The lowest BCUT2D eigenvalue weighted by molar-refractivity contribution is 0.414. The molecule has 0 aromatic heterocycles. The number of halogens is 2. The molecule has 0 aliphatic rings. The minimum Gasteiger partial charge on any atom is -0.497 e. The zero-order valence-electron chi connectivity index (χ0n) is 11.4. The van der Waals surface area contributed by atoms with Crippen molar-refractivity contribution in [2.24, 2.45) is 0 Å². The predicted octanol–water partition coefficient (Wildman–Crippen LogP) is 3.59. The molecule has 4 heteroatoms. The first-order valence-corrected chi connectivity index (χ1v) is 6.36. The molecule has 0 aliphatic carbocycles. The summed E-state index contributed by atoms with van der Waals surface area (Å²) in [6.45, 7) is 1.65. The fourth-order valence-electron chi connectivity index (χ4n) is 1.86. The third-order valence-electron chi connectivity index (χ3n) is 2.99. The highest BCUT2D eigenvalue weighted by atomic mass is 35.5. The van der Waals surface area contributed by atoms with Gasteiger partial charge in [0.05, 0.1) is 7.11 Å². The summed E-state index contributed by atoms with van der Waals surface area (Å²) < 4.78 is 17.8. The molecule has 0 unspecified atom stereocenters. The average Bonchev–Trinajstić information content (AvgIpc) is 2.46. The molecule has 0 radical (unpaired) electrons. The van der Waals surface area contributed by atoms with Crippen molar-refractivity contribution >= 4 is 12.4 Å². The van der Waals surface area contributed by atoms with E-state index in [0.717, 1.165) is 30.8 Å². The van der Waals surface area contributed by atoms with E-state index in [2.05, 4.69) is 17.4 Å². The Kier molecular flexibility index (Phi) is 7.05. The molecule has 0 bridgehead atoms. The third kappa shape index (κ3) is 5.19. The van der Waals surface area contributed by atoms with Gasteiger partial charge in [-0.15, -0.1) is 12.4 Å². The zero-order valence-corrected chi connectivity index (χ0v) is 12.3. The summed E-state index contributed by atoms with van der Waals surface area (Å²) in [6.07, 6.45) is 0.963. The van der Waals surface area contributed by atoms with Crippen molar-refractivity contribution in [1.29, 1.82) is 0 Å². The Morgan fingerprint density at radius 1 is 0.950 bits per heavy atom. The molecule has 2 nitrogen and oxygen atoms in total. The van der Waals surface area contributed by atoms with Crippen molar-refractivity contribution in [3.63, 3.8) is 0 Å². The fraction of sp³-hybridized carbons (Fsp3) is 0.250. The van der Waals surface area contributed by atoms with Gasteiger partial charge in [0, 0.05) is 6.54 Å². The number of hydrogen-bond acceptors (Lipinski definition) is 2. The lowest BCUT2D eigenvalue weighted by atomic mass is 10.1. The lowest BCUT2D eigenvalue weighted by Gasteiger charge is -2.06. The molecule has 1 N–H and O–H groups in total. The molecule has 2 rings (SSSR count). The molecular formula is C16H19ClFNO. The Morgan fingerprint density at radius 3 is 2.15 bits per heavy atom. The van der Waals surface area contributed by atoms with Gasteiger partial charge in [-0.2, -0.15) is 0 Å². The smallest absolute Gasteiger partial charge is 0.123 e. The number of methoxy groups -OCH3 is 1. The molecule has 2 aromatic rings. The van der Waals surface area contributed by atoms with E-state index in [4.69, 9.17) is 4.74 Å². The second-order valence-corrected chi connectivity index (χ2v) is 4.40. The largest absolute Gasteiger partial charge is 0.497 e. The second-order valence-electron chi connectivity index (χ2n) is 4.40. The molecule has 0 atom stereocenters. The van der Waals surface area contributed by atoms with E-state index in [1.165, 1.54) is 17.7 Å². The first-order valence-electron chi connectivity index (χ1n) is 6.36. The Hall–Kier alpha value is -1.58. The maximum atomic E-state index is 12.7. The molecule has 2 aromatic carbocycles. The topological polar surface area (TPSA) is 21.3 Å². The van der Waals surface area contributed by atoms with Crippen LogP contribution in [0.3, 0.4) is 0 Å². The van der Waals surface area contributed by atoms with Crippen molar-refractivity contribution in [1.82, 2.24) is 5.32 Å². The van der Waals surface area contributed by atoms with Crippen molar-refractivity contribution < 1.29 is 9.13 Å². The summed E-state index contributed by atoms with van der Waals surface area (Å²) in [6, 6.07) is 14.6. The second kappa shape index (κ2) is 8.56. The van der Waals surface area contributed by atoms with Gasteiger partial charge in [-0.3, -0.25) is 0 Å². The van der Waals surface area contributed by atoms with Crippen LogP contribution in [0.25, 0.3) is 0 Å². The number of benzene rings is 2. The first kappa shape index (κ1) is 16.5. The Morgan fingerprint density at radius 2 is 1.55 bits per heavy atom. The van der Waals surface area contributed by atoms with E-state index in [1.807, 2.05) is 12.1 Å². The van der Waals surface area contributed by atoms with Crippen molar-refractivity contribution in [2.75, 3.05) is 13.7 Å². The SMILES string of the molecule is COc1ccc(CCNCc2ccc(F)cc2)cc1.Cl. The van der Waals surface area contributed by atoms with Crippen LogP contribution in [0.2, 0.25) is 0 Å². The van der Waals surface area contributed by atoms with Crippen LogP contribution >= 0.6 is 12.4 Å². The highest BCUT2D eigenvalue weighted by Crippen LogP contribution is 2.11. The van der Waals surface area contributed by atoms with E-state index in [0.29, 0.717) is 0 Å². The van der Waals surface area contributed by atoms with E-state index in [9.17, 15) is 4.39 Å². The van der Waals surface area contributed by atoms with Crippen LogP contribution in [0, 0.1) is 5.82 Å². The van der Waals surface area contributed by atoms with Gasteiger partial charge < -0.3 is 10.1 Å².